The highest BCUT2D eigenvalue weighted by molar-refractivity contribution is 5.76. The Morgan fingerprint density at radius 1 is 1.32 bits per heavy atom. The van der Waals surface area contributed by atoms with Crippen LogP contribution in [0.1, 0.15) is 24.4 Å². The molecule has 19 heavy (non-hydrogen) atoms. The maximum atomic E-state index is 11.6. The Bertz CT molecular complexity index is 432. The molecule has 0 fully saturated rings. The van der Waals surface area contributed by atoms with Crippen molar-refractivity contribution in [2.75, 3.05) is 6.54 Å². The van der Waals surface area contributed by atoms with Crippen molar-refractivity contribution >= 4 is 12.0 Å². The Labute approximate surface area is 112 Å². The van der Waals surface area contributed by atoms with Crippen LogP contribution in [0.4, 0.5) is 4.79 Å². The Morgan fingerprint density at radius 2 is 2.00 bits per heavy atom. The fraction of sp³-hybridized carbons (Fsp3) is 0.286. The van der Waals surface area contributed by atoms with Crippen LogP contribution in [-0.4, -0.2) is 23.7 Å². The number of amides is 2. The van der Waals surface area contributed by atoms with Gasteiger partial charge in [-0.05, 0) is 12.0 Å². The highest BCUT2D eigenvalue weighted by Gasteiger charge is 2.17. The van der Waals surface area contributed by atoms with Crippen molar-refractivity contribution in [3.8, 4) is 0 Å². The second kappa shape index (κ2) is 7.92. The van der Waals surface area contributed by atoms with Crippen molar-refractivity contribution in [1.82, 2.24) is 10.6 Å². The smallest absolute Gasteiger partial charge is 0.315 e. The summed E-state index contributed by atoms with van der Waals surface area (Å²) in [7, 11) is 0. The molecule has 1 atom stereocenters. The molecular formula is C14H18N2O3. The molecule has 0 radical (unpaired) electrons. The number of rotatable bonds is 7. The zero-order valence-electron chi connectivity index (χ0n) is 10.6. The summed E-state index contributed by atoms with van der Waals surface area (Å²) in [6.07, 6.45) is 2.22. The van der Waals surface area contributed by atoms with Gasteiger partial charge in [-0.15, -0.1) is 6.58 Å². The number of hydrogen-bond donors (Lipinski definition) is 3. The van der Waals surface area contributed by atoms with Crippen LogP contribution in [-0.2, 0) is 4.79 Å². The van der Waals surface area contributed by atoms with E-state index in [-0.39, 0.29) is 12.5 Å². The van der Waals surface area contributed by atoms with Gasteiger partial charge in [-0.2, -0.15) is 0 Å². The average molecular weight is 262 g/mol. The third-order valence-electron chi connectivity index (χ3n) is 2.52. The third kappa shape index (κ3) is 5.72. The molecule has 1 rings (SSSR count). The lowest BCUT2D eigenvalue weighted by atomic mass is 10.0. The van der Waals surface area contributed by atoms with Crippen molar-refractivity contribution in [1.29, 1.82) is 0 Å². The summed E-state index contributed by atoms with van der Waals surface area (Å²) in [5.41, 5.74) is 0.767. The Hall–Kier alpha value is -2.30. The number of carboxylic acid groups (broad SMARTS) is 1. The second-order valence-electron chi connectivity index (χ2n) is 4.04. The molecule has 0 bridgehead atoms. The molecule has 3 N–H and O–H groups in total. The summed E-state index contributed by atoms with van der Waals surface area (Å²) in [6, 6.07) is 8.11. The van der Waals surface area contributed by atoms with Crippen molar-refractivity contribution in [2.24, 2.45) is 0 Å². The van der Waals surface area contributed by atoms with E-state index in [0.717, 1.165) is 5.56 Å². The monoisotopic (exact) mass is 262 g/mol. The Morgan fingerprint density at radius 3 is 2.58 bits per heavy atom. The van der Waals surface area contributed by atoms with Crippen molar-refractivity contribution in [3.63, 3.8) is 0 Å². The van der Waals surface area contributed by atoms with Crippen molar-refractivity contribution in [3.05, 3.63) is 48.6 Å². The van der Waals surface area contributed by atoms with E-state index in [2.05, 4.69) is 17.2 Å². The van der Waals surface area contributed by atoms with E-state index in [9.17, 15) is 9.59 Å². The van der Waals surface area contributed by atoms with Crippen molar-refractivity contribution in [2.45, 2.75) is 18.9 Å². The van der Waals surface area contributed by atoms with E-state index in [1.807, 2.05) is 18.2 Å². The molecule has 0 saturated carbocycles. The van der Waals surface area contributed by atoms with Gasteiger partial charge in [0.25, 0.3) is 0 Å². The fourth-order valence-electron chi connectivity index (χ4n) is 1.61. The predicted molar refractivity (Wildman–Crippen MR) is 72.8 cm³/mol. The molecule has 1 aromatic rings. The van der Waals surface area contributed by atoms with Gasteiger partial charge in [-0.1, -0.05) is 36.4 Å². The molecule has 1 aromatic carbocycles. The van der Waals surface area contributed by atoms with Gasteiger partial charge in [0, 0.05) is 6.54 Å². The number of hydrogen-bond acceptors (Lipinski definition) is 2. The molecule has 0 aliphatic heterocycles. The first-order chi connectivity index (χ1) is 9.13. The number of benzene rings is 1. The van der Waals surface area contributed by atoms with Crippen LogP contribution >= 0.6 is 0 Å². The first kappa shape index (κ1) is 14.8. The summed E-state index contributed by atoms with van der Waals surface area (Å²) in [5.74, 6) is -0.958. The van der Waals surface area contributed by atoms with Gasteiger partial charge in [0.2, 0.25) is 0 Å². The van der Waals surface area contributed by atoms with E-state index >= 15 is 0 Å². The molecule has 0 saturated heterocycles. The topological polar surface area (TPSA) is 78.4 Å². The largest absolute Gasteiger partial charge is 0.481 e. The average Bonchev–Trinajstić information content (AvgIpc) is 2.39. The number of carboxylic acids is 1. The minimum atomic E-state index is -0.958. The molecule has 0 spiro atoms. The fourth-order valence-corrected chi connectivity index (χ4v) is 1.61. The summed E-state index contributed by atoms with van der Waals surface area (Å²) in [6.45, 7) is 4.03. The zero-order valence-corrected chi connectivity index (χ0v) is 10.6. The van der Waals surface area contributed by atoms with Gasteiger partial charge in [0.1, 0.15) is 0 Å². The van der Waals surface area contributed by atoms with E-state index in [1.54, 1.807) is 18.2 Å². The van der Waals surface area contributed by atoms with Crippen LogP contribution in [0.5, 0.6) is 0 Å². The molecular weight excluding hydrogens is 244 g/mol. The molecule has 102 valence electrons. The van der Waals surface area contributed by atoms with Gasteiger partial charge >= 0.3 is 12.0 Å². The number of nitrogens with one attached hydrogen (secondary N) is 2. The van der Waals surface area contributed by atoms with E-state index in [1.165, 1.54) is 0 Å². The second-order valence-corrected chi connectivity index (χ2v) is 4.04. The molecule has 5 heteroatoms. The van der Waals surface area contributed by atoms with Crippen LogP contribution in [0.15, 0.2) is 43.0 Å². The number of carbonyl (C=O) groups is 2. The molecule has 1 unspecified atom stereocenters. The van der Waals surface area contributed by atoms with Gasteiger partial charge < -0.3 is 15.7 Å². The zero-order chi connectivity index (χ0) is 14.1. The lowest BCUT2D eigenvalue weighted by molar-refractivity contribution is -0.137. The third-order valence-corrected chi connectivity index (χ3v) is 2.52. The maximum absolute atomic E-state index is 11.6. The molecule has 5 nitrogen and oxygen atoms in total. The lowest BCUT2D eigenvalue weighted by Gasteiger charge is -2.17. The molecule has 2 amide bonds. The minimum absolute atomic E-state index is 0.154. The summed E-state index contributed by atoms with van der Waals surface area (Å²) in [5, 5.41) is 14.2. The SMILES string of the molecule is C=CCCNC(=O)NC(CC(=O)O)c1ccccc1. The van der Waals surface area contributed by atoms with Gasteiger partial charge in [0.05, 0.1) is 12.5 Å². The Kier molecular flexibility index (Phi) is 6.15. The predicted octanol–water partition coefficient (Wildman–Crippen LogP) is 2.08. The standard InChI is InChI=1S/C14H18N2O3/c1-2-3-9-15-14(19)16-12(10-13(17)18)11-7-5-4-6-8-11/h2,4-8,12H,1,3,9-10H2,(H,17,18)(H2,15,16,19). The quantitative estimate of drug-likeness (QED) is 0.520. The minimum Gasteiger partial charge on any atom is -0.481 e. The van der Waals surface area contributed by atoms with E-state index in [0.29, 0.717) is 13.0 Å². The van der Waals surface area contributed by atoms with Crippen LogP contribution in [0, 0.1) is 0 Å². The van der Waals surface area contributed by atoms with Crippen LogP contribution in [0.3, 0.4) is 0 Å². The van der Waals surface area contributed by atoms with Gasteiger partial charge in [-0.3, -0.25) is 4.79 Å². The first-order valence-electron chi connectivity index (χ1n) is 6.05. The highest BCUT2D eigenvalue weighted by Crippen LogP contribution is 2.16. The van der Waals surface area contributed by atoms with Crippen LogP contribution in [0.2, 0.25) is 0 Å². The molecule has 0 aliphatic carbocycles. The molecule has 0 aliphatic rings. The van der Waals surface area contributed by atoms with Crippen LogP contribution in [0.25, 0.3) is 0 Å². The molecule has 0 aromatic heterocycles. The van der Waals surface area contributed by atoms with E-state index < -0.39 is 12.0 Å². The van der Waals surface area contributed by atoms with Crippen LogP contribution < -0.4 is 10.6 Å². The highest BCUT2D eigenvalue weighted by atomic mass is 16.4. The van der Waals surface area contributed by atoms with Crippen molar-refractivity contribution < 1.29 is 14.7 Å². The summed E-state index contributed by atoms with van der Waals surface area (Å²) in [4.78, 5) is 22.5. The molecule has 0 heterocycles. The summed E-state index contributed by atoms with van der Waals surface area (Å²) < 4.78 is 0. The van der Waals surface area contributed by atoms with E-state index in [4.69, 9.17) is 5.11 Å². The number of aliphatic carboxylic acids is 1. The lowest BCUT2D eigenvalue weighted by Crippen LogP contribution is -2.39. The maximum Gasteiger partial charge on any atom is 0.315 e. The number of urea groups is 1. The normalized spacial score (nSPS) is 11.4. The number of carbonyl (C=O) groups excluding carboxylic acids is 1. The Balaban J connectivity index is 2.62. The first-order valence-corrected chi connectivity index (χ1v) is 6.05. The van der Waals surface area contributed by atoms with Gasteiger partial charge in [-0.25, -0.2) is 4.79 Å². The summed E-state index contributed by atoms with van der Waals surface area (Å²) >= 11 is 0. The van der Waals surface area contributed by atoms with Gasteiger partial charge in [0.15, 0.2) is 0 Å².